The highest BCUT2D eigenvalue weighted by Gasteiger charge is 2.14. The van der Waals surface area contributed by atoms with Crippen LogP contribution in [0.1, 0.15) is 24.6 Å². The van der Waals surface area contributed by atoms with Crippen LogP contribution in [0.3, 0.4) is 0 Å². The van der Waals surface area contributed by atoms with Gasteiger partial charge in [-0.15, -0.1) is 11.3 Å². The zero-order valence-electron chi connectivity index (χ0n) is 14.0. The summed E-state index contributed by atoms with van der Waals surface area (Å²) in [6.07, 6.45) is 1.64. The van der Waals surface area contributed by atoms with Gasteiger partial charge in [0.25, 0.3) is 5.56 Å². The van der Waals surface area contributed by atoms with E-state index in [9.17, 15) is 4.79 Å². The molecule has 4 aromatic rings. The molecule has 0 aliphatic carbocycles. The molecule has 0 saturated carbocycles. The number of hydrogen-bond donors (Lipinski definition) is 2. The quantitative estimate of drug-likeness (QED) is 0.520. The van der Waals surface area contributed by atoms with E-state index in [1.807, 2.05) is 48.7 Å². The highest BCUT2D eigenvalue weighted by atomic mass is 35.5. The molecule has 132 valence electrons. The summed E-state index contributed by atoms with van der Waals surface area (Å²) < 4.78 is 5.38. The Balaban J connectivity index is 1.61. The summed E-state index contributed by atoms with van der Waals surface area (Å²) in [5, 5.41) is 6.54. The average Bonchev–Trinajstić information content (AvgIpc) is 3.30. The van der Waals surface area contributed by atoms with Crippen molar-refractivity contribution in [2.24, 2.45) is 0 Å². The van der Waals surface area contributed by atoms with Crippen LogP contribution in [0.4, 0.5) is 0 Å². The number of aromatic amines is 1. The lowest BCUT2D eigenvalue weighted by Crippen LogP contribution is -2.21. The Bertz CT molecular complexity index is 1080. The van der Waals surface area contributed by atoms with Crippen molar-refractivity contribution in [3.8, 4) is 11.1 Å². The third kappa shape index (κ3) is 3.31. The van der Waals surface area contributed by atoms with Gasteiger partial charge in [0.05, 0.1) is 24.2 Å². The molecule has 3 aromatic heterocycles. The average molecular weight is 386 g/mol. The van der Waals surface area contributed by atoms with Crippen LogP contribution in [0.2, 0.25) is 5.02 Å². The maximum atomic E-state index is 12.6. The van der Waals surface area contributed by atoms with Crippen molar-refractivity contribution in [1.29, 1.82) is 0 Å². The second-order valence-corrected chi connectivity index (χ2v) is 7.26. The summed E-state index contributed by atoms with van der Waals surface area (Å²) in [6, 6.07) is 11.2. The molecule has 0 spiro atoms. The smallest absolute Gasteiger partial charge is 0.260 e. The SMILES string of the molecule is C[C@@H](NCc1nc2scc(-c3ccc(Cl)cc3)c2c(=O)[nH]1)c1ccco1. The molecular formula is C19H16ClN3O2S. The number of rotatable bonds is 5. The fourth-order valence-corrected chi connectivity index (χ4v) is 3.90. The van der Waals surface area contributed by atoms with Gasteiger partial charge in [-0.1, -0.05) is 23.7 Å². The number of furan rings is 1. The first-order chi connectivity index (χ1) is 12.6. The standard InChI is InChI=1S/C19H16ClN3O2S/c1-11(15-3-2-8-25-15)21-9-16-22-18(24)17-14(10-26-19(17)23-16)12-4-6-13(20)7-5-12/h2-8,10-11,21H,9H2,1H3,(H,22,23,24)/t11-/m1/s1. The Morgan fingerprint density at radius 3 is 2.85 bits per heavy atom. The van der Waals surface area contributed by atoms with Crippen molar-refractivity contribution < 1.29 is 4.42 Å². The Morgan fingerprint density at radius 1 is 1.31 bits per heavy atom. The zero-order chi connectivity index (χ0) is 18.1. The molecule has 0 aliphatic heterocycles. The van der Waals surface area contributed by atoms with Gasteiger partial charge in [-0.2, -0.15) is 0 Å². The molecule has 4 rings (SSSR count). The van der Waals surface area contributed by atoms with Crippen LogP contribution >= 0.6 is 22.9 Å². The third-order valence-electron chi connectivity index (χ3n) is 4.19. The van der Waals surface area contributed by atoms with Gasteiger partial charge >= 0.3 is 0 Å². The minimum Gasteiger partial charge on any atom is -0.468 e. The number of hydrogen-bond acceptors (Lipinski definition) is 5. The first-order valence-corrected chi connectivity index (χ1v) is 9.40. The Morgan fingerprint density at radius 2 is 2.12 bits per heavy atom. The summed E-state index contributed by atoms with van der Waals surface area (Å²) in [4.78, 5) is 20.8. The second-order valence-electron chi connectivity index (χ2n) is 5.97. The molecule has 7 heteroatoms. The molecule has 0 aliphatic rings. The molecule has 1 aromatic carbocycles. The number of fused-ring (bicyclic) bond motifs is 1. The fraction of sp³-hybridized carbons (Fsp3) is 0.158. The Labute approximate surface area is 158 Å². The summed E-state index contributed by atoms with van der Waals surface area (Å²) in [5.74, 6) is 1.44. The van der Waals surface area contributed by atoms with Gasteiger partial charge in [0, 0.05) is 16.0 Å². The molecule has 5 nitrogen and oxygen atoms in total. The number of thiophene rings is 1. The van der Waals surface area contributed by atoms with Gasteiger partial charge in [0.1, 0.15) is 16.4 Å². The molecular weight excluding hydrogens is 370 g/mol. The highest BCUT2D eigenvalue weighted by Crippen LogP contribution is 2.31. The lowest BCUT2D eigenvalue weighted by Gasteiger charge is -2.10. The molecule has 26 heavy (non-hydrogen) atoms. The van der Waals surface area contributed by atoms with E-state index in [0.29, 0.717) is 22.8 Å². The van der Waals surface area contributed by atoms with E-state index < -0.39 is 0 Å². The van der Waals surface area contributed by atoms with E-state index in [-0.39, 0.29) is 11.6 Å². The van der Waals surface area contributed by atoms with Crippen molar-refractivity contribution in [2.45, 2.75) is 19.5 Å². The first kappa shape index (κ1) is 17.0. The van der Waals surface area contributed by atoms with E-state index in [1.165, 1.54) is 11.3 Å². The van der Waals surface area contributed by atoms with E-state index in [1.54, 1.807) is 6.26 Å². The van der Waals surface area contributed by atoms with E-state index in [0.717, 1.165) is 21.7 Å². The highest BCUT2D eigenvalue weighted by molar-refractivity contribution is 7.17. The Hall–Kier alpha value is -2.41. The predicted molar refractivity (Wildman–Crippen MR) is 105 cm³/mol. The van der Waals surface area contributed by atoms with Crippen molar-refractivity contribution in [1.82, 2.24) is 15.3 Å². The number of H-pyrrole nitrogens is 1. The van der Waals surface area contributed by atoms with Gasteiger partial charge < -0.3 is 14.7 Å². The summed E-state index contributed by atoms with van der Waals surface area (Å²) in [5.41, 5.74) is 1.69. The van der Waals surface area contributed by atoms with E-state index in [4.69, 9.17) is 16.0 Å². The maximum absolute atomic E-state index is 12.6. The number of nitrogens with zero attached hydrogens (tertiary/aromatic N) is 1. The minimum absolute atomic E-state index is 0.0268. The van der Waals surface area contributed by atoms with Crippen LogP contribution < -0.4 is 10.9 Å². The summed E-state index contributed by atoms with van der Waals surface area (Å²) in [7, 11) is 0. The molecule has 2 N–H and O–H groups in total. The molecule has 1 atom stereocenters. The molecule has 0 saturated heterocycles. The van der Waals surface area contributed by atoms with Gasteiger partial charge in [0.15, 0.2) is 0 Å². The van der Waals surface area contributed by atoms with Crippen LogP contribution in [0.5, 0.6) is 0 Å². The van der Waals surface area contributed by atoms with Gasteiger partial charge in [-0.05, 0) is 36.8 Å². The van der Waals surface area contributed by atoms with Gasteiger partial charge in [-0.3, -0.25) is 4.79 Å². The number of halogens is 1. The van der Waals surface area contributed by atoms with Crippen LogP contribution in [0, 0.1) is 0 Å². The molecule has 0 amide bonds. The van der Waals surface area contributed by atoms with Gasteiger partial charge in [-0.25, -0.2) is 4.98 Å². The maximum Gasteiger partial charge on any atom is 0.260 e. The summed E-state index contributed by atoms with van der Waals surface area (Å²) >= 11 is 7.41. The van der Waals surface area contributed by atoms with E-state index in [2.05, 4.69) is 15.3 Å². The van der Waals surface area contributed by atoms with E-state index >= 15 is 0 Å². The first-order valence-electron chi connectivity index (χ1n) is 8.15. The van der Waals surface area contributed by atoms with Crippen molar-refractivity contribution in [2.75, 3.05) is 0 Å². The number of nitrogens with one attached hydrogen (secondary N) is 2. The zero-order valence-corrected chi connectivity index (χ0v) is 15.5. The largest absolute Gasteiger partial charge is 0.468 e. The lowest BCUT2D eigenvalue weighted by atomic mass is 10.1. The minimum atomic E-state index is -0.136. The summed E-state index contributed by atoms with van der Waals surface area (Å²) in [6.45, 7) is 2.44. The van der Waals surface area contributed by atoms with Crippen molar-refractivity contribution in [3.05, 3.63) is 75.0 Å². The normalized spacial score (nSPS) is 12.5. The lowest BCUT2D eigenvalue weighted by molar-refractivity contribution is 0.427. The molecule has 0 fully saturated rings. The number of benzene rings is 1. The van der Waals surface area contributed by atoms with Crippen molar-refractivity contribution in [3.63, 3.8) is 0 Å². The predicted octanol–water partition coefficient (Wildman–Crippen LogP) is 4.75. The number of aromatic nitrogens is 2. The molecule has 0 radical (unpaired) electrons. The molecule has 0 unspecified atom stereocenters. The van der Waals surface area contributed by atoms with Gasteiger partial charge in [0.2, 0.25) is 0 Å². The topological polar surface area (TPSA) is 70.9 Å². The van der Waals surface area contributed by atoms with Crippen LogP contribution in [-0.2, 0) is 6.54 Å². The monoisotopic (exact) mass is 385 g/mol. The van der Waals surface area contributed by atoms with Crippen LogP contribution in [0.15, 0.2) is 57.3 Å². The second kappa shape index (κ2) is 7.07. The van der Waals surface area contributed by atoms with Crippen molar-refractivity contribution >= 4 is 33.2 Å². The third-order valence-corrected chi connectivity index (χ3v) is 5.32. The molecule has 0 bridgehead atoms. The molecule has 3 heterocycles. The van der Waals surface area contributed by atoms with Crippen LogP contribution in [-0.4, -0.2) is 9.97 Å². The van der Waals surface area contributed by atoms with Crippen LogP contribution in [0.25, 0.3) is 21.3 Å². The Kier molecular flexibility index (Phi) is 4.63. The fourth-order valence-electron chi connectivity index (χ4n) is 2.81.